The lowest BCUT2D eigenvalue weighted by atomic mass is 10.2. The number of hydrogen-bond donors (Lipinski definition) is 0. The number of fused-ring (bicyclic) bond motifs is 3. The minimum Gasteiger partial charge on any atom is -0.341 e. The summed E-state index contributed by atoms with van der Waals surface area (Å²) in [6, 6.07) is 17.2. The predicted octanol–water partition coefficient (Wildman–Crippen LogP) is 8.24. The summed E-state index contributed by atoms with van der Waals surface area (Å²) in [6.07, 6.45) is 0. The molecule has 28 heavy (non-hydrogen) atoms. The highest BCUT2D eigenvalue weighted by Crippen LogP contribution is 2.28. The van der Waals surface area contributed by atoms with Crippen molar-refractivity contribution in [2.24, 2.45) is 0 Å². The molecule has 2 heteroatoms. The molecule has 0 spiro atoms. The van der Waals surface area contributed by atoms with Crippen LogP contribution < -0.4 is 0 Å². The van der Waals surface area contributed by atoms with Gasteiger partial charge in [-0.25, -0.2) is 0 Å². The van der Waals surface area contributed by atoms with Gasteiger partial charge in [-0.2, -0.15) is 0 Å². The highest BCUT2D eigenvalue weighted by molar-refractivity contribution is 6.07. The number of aryl methyl sites for hydroxylation is 1. The number of benzene rings is 2. The second kappa shape index (κ2) is 18.6. The van der Waals surface area contributed by atoms with E-state index in [0.717, 1.165) is 6.54 Å². The average Bonchev–Trinajstić information content (AvgIpc) is 3.13. The van der Waals surface area contributed by atoms with Crippen LogP contribution in [0.5, 0.6) is 0 Å². The van der Waals surface area contributed by atoms with Crippen LogP contribution in [0.4, 0.5) is 0 Å². The number of para-hydroxylation sites is 2. The summed E-state index contributed by atoms with van der Waals surface area (Å²) in [4.78, 5) is 2.38. The number of hydrogen-bond acceptors (Lipinski definition) is 1. The van der Waals surface area contributed by atoms with E-state index in [1.54, 1.807) is 0 Å². The minimum absolute atomic E-state index is 1.02. The van der Waals surface area contributed by atoms with Gasteiger partial charge in [-0.05, 0) is 38.7 Å². The van der Waals surface area contributed by atoms with Gasteiger partial charge in [0.15, 0.2) is 0 Å². The topological polar surface area (TPSA) is 8.17 Å². The fourth-order valence-corrected chi connectivity index (χ4v) is 3.01. The lowest BCUT2D eigenvalue weighted by Crippen LogP contribution is -2.21. The molecule has 0 aliphatic rings. The van der Waals surface area contributed by atoms with Crippen molar-refractivity contribution in [3.8, 4) is 0 Å². The molecule has 0 saturated heterocycles. The first-order chi connectivity index (χ1) is 13.8. The van der Waals surface area contributed by atoms with E-state index in [4.69, 9.17) is 0 Å². The minimum atomic E-state index is 1.02. The van der Waals surface area contributed by atoms with Crippen molar-refractivity contribution >= 4 is 21.8 Å². The molecule has 0 unspecified atom stereocenters. The van der Waals surface area contributed by atoms with Gasteiger partial charge in [0.2, 0.25) is 0 Å². The van der Waals surface area contributed by atoms with Gasteiger partial charge in [0.1, 0.15) is 0 Å². The van der Waals surface area contributed by atoms with Crippen molar-refractivity contribution in [2.45, 2.75) is 75.8 Å². The largest absolute Gasteiger partial charge is 0.341 e. The van der Waals surface area contributed by atoms with Crippen molar-refractivity contribution in [3.63, 3.8) is 0 Å². The molecule has 3 rings (SSSR count). The van der Waals surface area contributed by atoms with Gasteiger partial charge < -0.3 is 9.47 Å². The fourth-order valence-electron chi connectivity index (χ4n) is 3.01. The second-order valence-corrected chi connectivity index (χ2v) is 5.40. The van der Waals surface area contributed by atoms with Crippen LogP contribution in [0, 0.1) is 0 Å². The van der Waals surface area contributed by atoms with Crippen LogP contribution in [-0.4, -0.2) is 29.1 Å². The SMILES string of the molecule is CC.CC.CC.CCN(CC)CC.CCn1c2ccccc2c2ccccc21. The lowest BCUT2D eigenvalue weighted by Gasteiger charge is -2.13. The Hall–Kier alpha value is -1.80. The zero-order valence-electron chi connectivity index (χ0n) is 20.3. The zero-order chi connectivity index (χ0) is 21.9. The molecule has 0 fully saturated rings. The normalized spacial score (nSPS) is 9.25. The summed E-state index contributed by atoms with van der Waals surface area (Å²) >= 11 is 0. The Morgan fingerprint density at radius 1 is 0.571 bits per heavy atom. The van der Waals surface area contributed by atoms with E-state index in [1.807, 2.05) is 41.5 Å². The van der Waals surface area contributed by atoms with Gasteiger partial charge >= 0.3 is 0 Å². The van der Waals surface area contributed by atoms with Crippen LogP contribution in [0.15, 0.2) is 48.5 Å². The van der Waals surface area contributed by atoms with Gasteiger partial charge in [0.05, 0.1) is 0 Å². The second-order valence-electron chi connectivity index (χ2n) is 5.40. The first kappa shape index (κ1) is 28.4. The first-order valence-corrected chi connectivity index (χ1v) is 11.4. The molecule has 3 aromatic rings. The summed E-state index contributed by atoms with van der Waals surface area (Å²) in [7, 11) is 0. The highest BCUT2D eigenvalue weighted by Gasteiger charge is 2.06. The first-order valence-electron chi connectivity index (χ1n) is 11.4. The number of rotatable bonds is 4. The smallest absolute Gasteiger partial charge is 0.0491 e. The molecular weight excluding hydrogens is 340 g/mol. The third kappa shape index (κ3) is 8.06. The van der Waals surface area contributed by atoms with Gasteiger partial charge in [0.25, 0.3) is 0 Å². The molecule has 2 nitrogen and oxygen atoms in total. The summed E-state index contributed by atoms with van der Waals surface area (Å²) < 4.78 is 2.37. The third-order valence-corrected chi connectivity index (χ3v) is 4.34. The monoisotopic (exact) mass is 386 g/mol. The van der Waals surface area contributed by atoms with Crippen LogP contribution in [0.3, 0.4) is 0 Å². The molecule has 0 N–H and O–H groups in total. The van der Waals surface area contributed by atoms with Crippen LogP contribution in [0.1, 0.15) is 69.2 Å². The van der Waals surface area contributed by atoms with E-state index < -0.39 is 0 Å². The maximum atomic E-state index is 2.38. The van der Waals surface area contributed by atoms with Crippen LogP contribution in [0.2, 0.25) is 0 Å². The summed E-state index contributed by atoms with van der Waals surface area (Å²) in [5, 5.41) is 2.71. The molecule has 1 aromatic heterocycles. The molecule has 0 radical (unpaired) electrons. The molecule has 0 bridgehead atoms. The van der Waals surface area contributed by atoms with E-state index in [1.165, 1.54) is 41.4 Å². The van der Waals surface area contributed by atoms with Gasteiger partial charge in [-0.3, -0.25) is 0 Å². The van der Waals surface area contributed by atoms with Crippen molar-refractivity contribution in [3.05, 3.63) is 48.5 Å². The van der Waals surface area contributed by atoms with Gasteiger partial charge in [0, 0.05) is 28.4 Å². The van der Waals surface area contributed by atoms with Crippen molar-refractivity contribution in [2.75, 3.05) is 19.6 Å². The van der Waals surface area contributed by atoms with Crippen molar-refractivity contribution in [1.29, 1.82) is 0 Å². The predicted molar refractivity (Wildman–Crippen MR) is 133 cm³/mol. The molecule has 2 aromatic carbocycles. The molecule has 1 heterocycles. The van der Waals surface area contributed by atoms with E-state index in [2.05, 4.69) is 85.7 Å². The van der Waals surface area contributed by atoms with Gasteiger partial charge in [-0.15, -0.1) is 0 Å². The Morgan fingerprint density at radius 3 is 1.14 bits per heavy atom. The zero-order valence-corrected chi connectivity index (χ0v) is 20.3. The maximum absolute atomic E-state index is 2.38. The summed E-state index contributed by atoms with van der Waals surface area (Å²) in [6.45, 7) is 25.3. The standard InChI is InChI=1S/C14H13N.C6H15N.3C2H6/c1-2-15-13-9-5-3-7-11(13)12-8-4-6-10-14(12)15;1-4-7(5-2)6-3;3*1-2/h3-10H,2H2,1H3;4-6H2,1-3H3;3*1-2H3. The molecule has 0 aliphatic carbocycles. The van der Waals surface area contributed by atoms with Crippen LogP contribution in [0.25, 0.3) is 21.8 Å². The third-order valence-electron chi connectivity index (χ3n) is 4.34. The Bertz CT molecular complexity index is 650. The Balaban J connectivity index is 0. The Labute approximate surface area is 175 Å². The quantitative estimate of drug-likeness (QED) is 0.438. The van der Waals surface area contributed by atoms with E-state index >= 15 is 0 Å². The molecule has 0 atom stereocenters. The lowest BCUT2D eigenvalue weighted by molar-refractivity contribution is 0.321. The molecule has 160 valence electrons. The van der Waals surface area contributed by atoms with Crippen LogP contribution in [-0.2, 0) is 6.54 Å². The van der Waals surface area contributed by atoms with Gasteiger partial charge in [-0.1, -0.05) is 98.7 Å². The maximum Gasteiger partial charge on any atom is 0.0491 e. The van der Waals surface area contributed by atoms with Crippen molar-refractivity contribution in [1.82, 2.24) is 9.47 Å². The highest BCUT2D eigenvalue weighted by atomic mass is 15.1. The molecule has 0 saturated carbocycles. The summed E-state index contributed by atoms with van der Waals surface area (Å²) in [5.74, 6) is 0. The Morgan fingerprint density at radius 2 is 0.893 bits per heavy atom. The van der Waals surface area contributed by atoms with Crippen LogP contribution >= 0.6 is 0 Å². The van der Waals surface area contributed by atoms with E-state index in [0.29, 0.717) is 0 Å². The van der Waals surface area contributed by atoms with Crippen molar-refractivity contribution < 1.29 is 0 Å². The fraction of sp³-hybridized carbons (Fsp3) is 0.538. The molecule has 0 aliphatic heterocycles. The van der Waals surface area contributed by atoms with E-state index in [9.17, 15) is 0 Å². The molecular formula is C26H46N2. The number of nitrogens with zero attached hydrogens (tertiary/aromatic N) is 2. The number of aromatic nitrogens is 1. The summed E-state index contributed by atoms with van der Waals surface area (Å²) in [5.41, 5.74) is 2.67. The Kier molecular flexibility index (Phi) is 18.8. The van der Waals surface area contributed by atoms with E-state index in [-0.39, 0.29) is 0 Å². The molecule has 0 amide bonds. The average molecular weight is 387 g/mol.